The van der Waals surface area contributed by atoms with Crippen LogP contribution in [0, 0.1) is 0 Å². The molecule has 1 atom stereocenters. The van der Waals surface area contributed by atoms with E-state index in [9.17, 15) is 4.79 Å². The van der Waals surface area contributed by atoms with Gasteiger partial charge in [-0.25, -0.2) is 0 Å². The first-order valence-corrected chi connectivity index (χ1v) is 7.94. The molecule has 1 amide bonds. The van der Waals surface area contributed by atoms with E-state index >= 15 is 0 Å². The Morgan fingerprint density at radius 2 is 1.90 bits per heavy atom. The molecule has 0 aromatic heterocycles. The minimum atomic E-state index is -0.145. The molecule has 1 aromatic rings. The molecule has 116 valence electrons. The average Bonchev–Trinajstić information content (AvgIpc) is 3.06. The van der Waals surface area contributed by atoms with E-state index in [2.05, 4.69) is 34.5 Å². The van der Waals surface area contributed by atoms with E-state index < -0.39 is 0 Å². The summed E-state index contributed by atoms with van der Waals surface area (Å²) in [6, 6.07) is 8.54. The highest BCUT2D eigenvalue weighted by atomic mass is 16.2. The van der Waals surface area contributed by atoms with Crippen molar-refractivity contribution in [2.75, 3.05) is 31.6 Å². The molecule has 1 fully saturated rings. The second-order valence-corrected chi connectivity index (χ2v) is 5.82. The summed E-state index contributed by atoms with van der Waals surface area (Å²) in [7, 11) is 1.84. The number of anilines is 1. The molecular formula is C17H27N3O. The zero-order valence-corrected chi connectivity index (χ0v) is 13.4. The molecular weight excluding hydrogens is 262 g/mol. The second kappa shape index (κ2) is 7.46. The molecule has 1 aromatic carbocycles. The maximum absolute atomic E-state index is 12.0. The summed E-state index contributed by atoms with van der Waals surface area (Å²) in [5.74, 6) is 0.145. The van der Waals surface area contributed by atoms with Crippen molar-refractivity contribution in [3.05, 3.63) is 29.8 Å². The Morgan fingerprint density at radius 3 is 2.48 bits per heavy atom. The number of nitrogens with one attached hydrogen (secondary N) is 1. The van der Waals surface area contributed by atoms with Gasteiger partial charge < -0.3 is 15.1 Å². The monoisotopic (exact) mass is 289 g/mol. The number of likely N-dealkylation sites (N-methyl/N-ethyl adjacent to an activating group) is 1. The van der Waals surface area contributed by atoms with Crippen LogP contribution in [-0.4, -0.2) is 43.5 Å². The van der Waals surface area contributed by atoms with E-state index in [1.807, 2.05) is 20.9 Å². The number of rotatable bonds is 6. The molecule has 0 radical (unpaired) electrons. The van der Waals surface area contributed by atoms with Crippen molar-refractivity contribution < 1.29 is 4.79 Å². The third kappa shape index (κ3) is 4.21. The van der Waals surface area contributed by atoms with Gasteiger partial charge in [-0.2, -0.15) is 0 Å². The summed E-state index contributed by atoms with van der Waals surface area (Å²) in [6.07, 6.45) is 2.60. The van der Waals surface area contributed by atoms with Gasteiger partial charge in [-0.15, -0.1) is 0 Å². The Bertz CT molecular complexity index is 452. The maximum atomic E-state index is 12.0. The normalized spacial score (nSPS) is 16.0. The lowest BCUT2D eigenvalue weighted by atomic mass is 10.2. The zero-order chi connectivity index (χ0) is 15.2. The van der Waals surface area contributed by atoms with Crippen molar-refractivity contribution >= 4 is 11.6 Å². The van der Waals surface area contributed by atoms with Crippen molar-refractivity contribution in [2.45, 2.75) is 39.3 Å². The van der Waals surface area contributed by atoms with Gasteiger partial charge in [0.25, 0.3) is 0 Å². The standard InChI is InChI=1S/C17H27N3O/c1-4-19(3)17(21)14(2)18-13-15-7-9-16(10-8-15)20-11-5-6-12-20/h7-10,14,18H,4-6,11-13H2,1-3H3. The molecule has 1 saturated heterocycles. The third-order valence-electron chi connectivity index (χ3n) is 4.24. The van der Waals surface area contributed by atoms with Gasteiger partial charge in [0.2, 0.25) is 5.91 Å². The van der Waals surface area contributed by atoms with Gasteiger partial charge in [0.1, 0.15) is 0 Å². The number of nitrogens with zero attached hydrogens (tertiary/aromatic N) is 2. The van der Waals surface area contributed by atoms with Crippen LogP contribution in [0.5, 0.6) is 0 Å². The molecule has 1 N–H and O–H groups in total. The summed E-state index contributed by atoms with van der Waals surface area (Å²) in [5, 5.41) is 3.30. The molecule has 0 spiro atoms. The highest BCUT2D eigenvalue weighted by Crippen LogP contribution is 2.20. The number of hydrogen-bond donors (Lipinski definition) is 1. The lowest BCUT2D eigenvalue weighted by molar-refractivity contribution is -0.131. The molecule has 1 aliphatic heterocycles. The topological polar surface area (TPSA) is 35.6 Å². The quantitative estimate of drug-likeness (QED) is 0.872. The lowest BCUT2D eigenvalue weighted by Crippen LogP contribution is -2.42. The van der Waals surface area contributed by atoms with Crippen molar-refractivity contribution in [1.82, 2.24) is 10.2 Å². The smallest absolute Gasteiger partial charge is 0.239 e. The molecule has 21 heavy (non-hydrogen) atoms. The number of carbonyl (C=O) groups excluding carboxylic acids is 1. The molecule has 2 rings (SSSR count). The van der Waals surface area contributed by atoms with Crippen molar-refractivity contribution in [3.8, 4) is 0 Å². The summed E-state index contributed by atoms with van der Waals surface area (Å²) in [4.78, 5) is 16.2. The summed E-state index contributed by atoms with van der Waals surface area (Å²) >= 11 is 0. The fourth-order valence-electron chi connectivity index (χ4n) is 2.64. The van der Waals surface area contributed by atoms with Crippen LogP contribution in [0.2, 0.25) is 0 Å². The van der Waals surface area contributed by atoms with Crippen molar-refractivity contribution in [1.29, 1.82) is 0 Å². The average molecular weight is 289 g/mol. The van der Waals surface area contributed by atoms with Crippen LogP contribution in [-0.2, 0) is 11.3 Å². The second-order valence-electron chi connectivity index (χ2n) is 5.82. The predicted octanol–water partition coefficient (Wildman–Crippen LogP) is 2.24. The van der Waals surface area contributed by atoms with Gasteiger partial charge in [-0.1, -0.05) is 12.1 Å². The van der Waals surface area contributed by atoms with Gasteiger partial charge in [0.05, 0.1) is 6.04 Å². The molecule has 1 heterocycles. The molecule has 0 saturated carbocycles. The first-order chi connectivity index (χ1) is 10.1. The van der Waals surface area contributed by atoms with Gasteiger partial charge in [0.15, 0.2) is 0 Å². The van der Waals surface area contributed by atoms with Crippen LogP contribution in [0.15, 0.2) is 24.3 Å². The van der Waals surface area contributed by atoms with Crippen molar-refractivity contribution in [3.63, 3.8) is 0 Å². The van der Waals surface area contributed by atoms with E-state index in [4.69, 9.17) is 0 Å². The Labute approximate surface area is 128 Å². The Morgan fingerprint density at radius 1 is 1.29 bits per heavy atom. The summed E-state index contributed by atoms with van der Waals surface area (Å²) < 4.78 is 0. The van der Waals surface area contributed by atoms with Crippen molar-refractivity contribution in [2.24, 2.45) is 0 Å². The van der Waals surface area contributed by atoms with Gasteiger partial charge >= 0.3 is 0 Å². The van der Waals surface area contributed by atoms with Crippen LogP contribution in [0.4, 0.5) is 5.69 Å². The van der Waals surface area contributed by atoms with Crippen LogP contribution < -0.4 is 10.2 Å². The Hall–Kier alpha value is -1.55. The van der Waals surface area contributed by atoms with Gasteiger partial charge in [-0.3, -0.25) is 4.79 Å². The minimum absolute atomic E-state index is 0.145. The minimum Gasteiger partial charge on any atom is -0.372 e. The fourth-order valence-corrected chi connectivity index (χ4v) is 2.64. The van der Waals surface area contributed by atoms with E-state index in [1.165, 1.54) is 37.2 Å². The Balaban J connectivity index is 1.84. The summed E-state index contributed by atoms with van der Waals surface area (Å²) in [6.45, 7) is 7.73. The first-order valence-electron chi connectivity index (χ1n) is 7.94. The molecule has 0 aliphatic carbocycles. The highest BCUT2D eigenvalue weighted by molar-refractivity contribution is 5.81. The predicted molar refractivity (Wildman–Crippen MR) is 87.5 cm³/mol. The molecule has 1 aliphatic rings. The number of benzene rings is 1. The van der Waals surface area contributed by atoms with E-state index in [-0.39, 0.29) is 11.9 Å². The molecule has 4 nitrogen and oxygen atoms in total. The molecule has 1 unspecified atom stereocenters. The van der Waals surface area contributed by atoms with Crippen LogP contribution >= 0.6 is 0 Å². The zero-order valence-electron chi connectivity index (χ0n) is 13.4. The van der Waals surface area contributed by atoms with Crippen LogP contribution in [0.3, 0.4) is 0 Å². The van der Waals surface area contributed by atoms with E-state index in [0.29, 0.717) is 0 Å². The summed E-state index contributed by atoms with van der Waals surface area (Å²) in [5.41, 5.74) is 2.53. The number of carbonyl (C=O) groups is 1. The Kier molecular flexibility index (Phi) is 5.62. The lowest BCUT2D eigenvalue weighted by Gasteiger charge is -2.21. The first kappa shape index (κ1) is 15.8. The largest absolute Gasteiger partial charge is 0.372 e. The van der Waals surface area contributed by atoms with E-state index in [0.717, 1.165) is 13.1 Å². The molecule has 4 heteroatoms. The highest BCUT2D eigenvalue weighted by Gasteiger charge is 2.15. The molecule has 0 bridgehead atoms. The van der Waals surface area contributed by atoms with Gasteiger partial charge in [-0.05, 0) is 44.4 Å². The fraction of sp³-hybridized carbons (Fsp3) is 0.588. The SMILES string of the molecule is CCN(C)C(=O)C(C)NCc1ccc(N2CCCC2)cc1. The maximum Gasteiger partial charge on any atom is 0.239 e. The van der Waals surface area contributed by atoms with E-state index in [1.54, 1.807) is 4.90 Å². The number of amides is 1. The number of hydrogen-bond acceptors (Lipinski definition) is 3. The van der Waals surface area contributed by atoms with Crippen LogP contribution in [0.1, 0.15) is 32.3 Å². The van der Waals surface area contributed by atoms with Crippen LogP contribution in [0.25, 0.3) is 0 Å². The third-order valence-corrected chi connectivity index (χ3v) is 4.24. The van der Waals surface area contributed by atoms with Gasteiger partial charge in [0, 0.05) is 38.9 Å².